The summed E-state index contributed by atoms with van der Waals surface area (Å²) in [4.78, 5) is 41.9. The molecule has 2 amide bonds. The highest BCUT2D eigenvalue weighted by molar-refractivity contribution is 8.02. The predicted octanol–water partition coefficient (Wildman–Crippen LogP) is -0.0380. The van der Waals surface area contributed by atoms with Crippen LogP contribution in [0.5, 0.6) is 0 Å². The predicted molar refractivity (Wildman–Crippen MR) is 91.7 cm³/mol. The SMILES string of the molecule is CO/N=C(\C(=O)NC1C(=O)N2C(C(=O)O)=CCS[C@H]12)C1=CSCCO1. The van der Waals surface area contributed by atoms with Crippen LogP contribution in [0, 0.1) is 0 Å². The fourth-order valence-electron chi connectivity index (χ4n) is 2.53. The summed E-state index contributed by atoms with van der Waals surface area (Å²) in [7, 11) is 1.31. The quantitative estimate of drug-likeness (QED) is 0.385. The Kier molecular flexibility index (Phi) is 5.23. The number of rotatable bonds is 5. The molecule has 9 nitrogen and oxygen atoms in total. The van der Waals surface area contributed by atoms with Gasteiger partial charge in [0, 0.05) is 16.9 Å². The molecular formula is C14H15N3O6S2. The summed E-state index contributed by atoms with van der Waals surface area (Å²) in [6.07, 6.45) is 1.48. The van der Waals surface area contributed by atoms with E-state index in [1.54, 1.807) is 5.41 Å². The molecule has 0 bridgehead atoms. The van der Waals surface area contributed by atoms with Gasteiger partial charge in [-0.3, -0.25) is 14.5 Å². The third kappa shape index (κ3) is 3.33. The molecule has 0 spiro atoms. The lowest BCUT2D eigenvalue weighted by Crippen LogP contribution is -2.70. The van der Waals surface area contributed by atoms with Gasteiger partial charge in [-0.05, 0) is 6.08 Å². The molecule has 11 heteroatoms. The lowest BCUT2D eigenvalue weighted by Gasteiger charge is -2.48. The van der Waals surface area contributed by atoms with Gasteiger partial charge in [0.15, 0.2) is 5.76 Å². The number of ether oxygens (including phenoxy) is 1. The van der Waals surface area contributed by atoms with Crippen molar-refractivity contribution in [1.29, 1.82) is 0 Å². The number of thioether (sulfide) groups is 2. The number of carboxylic acids is 1. The van der Waals surface area contributed by atoms with Gasteiger partial charge in [-0.15, -0.1) is 23.5 Å². The molecular weight excluding hydrogens is 370 g/mol. The Hall–Kier alpha value is -2.14. The molecule has 0 aliphatic carbocycles. The third-order valence-electron chi connectivity index (χ3n) is 3.63. The number of amides is 2. The van der Waals surface area contributed by atoms with Gasteiger partial charge in [-0.25, -0.2) is 4.79 Å². The molecule has 3 heterocycles. The minimum atomic E-state index is -1.16. The summed E-state index contributed by atoms with van der Waals surface area (Å²) >= 11 is 2.86. The fourth-order valence-corrected chi connectivity index (χ4v) is 4.35. The Balaban J connectivity index is 1.72. The zero-order chi connectivity index (χ0) is 18.0. The summed E-state index contributed by atoms with van der Waals surface area (Å²) in [5.41, 5.74) is -0.115. The molecule has 0 saturated carbocycles. The van der Waals surface area contributed by atoms with Gasteiger partial charge in [0.25, 0.3) is 11.8 Å². The molecule has 3 aliphatic rings. The van der Waals surface area contributed by atoms with E-state index in [2.05, 4.69) is 10.5 Å². The van der Waals surface area contributed by atoms with E-state index in [1.165, 1.54) is 41.6 Å². The maximum Gasteiger partial charge on any atom is 0.352 e. The van der Waals surface area contributed by atoms with Crippen LogP contribution in [0.3, 0.4) is 0 Å². The first-order valence-corrected chi connectivity index (χ1v) is 9.39. The van der Waals surface area contributed by atoms with Gasteiger partial charge < -0.3 is 20.0 Å². The molecule has 0 radical (unpaired) electrons. The molecule has 25 heavy (non-hydrogen) atoms. The lowest BCUT2D eigenvalue weighted by atomic mass is 10.0. The van der Waals surface area contributed by atoms with Crippen molar-refractivity contribution in [3.8, 4) is 0 Å². The summed E-state index contributed by atoms with van der Waals surface area (Å²) in [5, 5.41) is 16.7. The van der Waals surface area contributed by atoms with Crippen molar-refractivity contribution in [1.82, 2.24) is 10.2 Å². The summed E-state index contributed by atoms with van der Waals surface area (Å²) in [6, 6.07) is -0.820. The van der Waals surface area contributed by atoms with Crippen molar-refractivity contribution in [2.45, 2.75) is 11.4 Å². The highest BCUT2D eigenvalue weighted by atomic mass is 32.2. The van der Waals surface area contributed by atoms with Crippen molar-refractivity contribution in [2.24, 2.45) is 5.16 Å². The van der Waals surface area contributed by atoms with Gasteiger partial charge in [0.2, 0.25) is 5.71 Å². The largest absolute Gasteiger partial charge is 0.490 e. The van der Waals surface area contributed by atoms with Gasteiger partial charge in [-0.2, -0.15) is 0 Å². The molecule has 0 aromatic carbocycles. The minimum absolute atomic E-state index is 0.0558. The molecule has 1 fully saturated rings. The van der Waals surface area contributed by atoms with Crippen molar-refractivity contribution in [3.05, 3.63) is 22.9 Å². The molecule has 3 rings (SSSR count). The second-order valence-electron chi connectivity index (χ2n) is 5.10. The summed E-state index contributed by atoms with van der Waals surface area (Å²) < 4.78 is 5.41. The van der Waals surface area contributed by atoms with Gasteiger partial charge >= 0.3 is 5.97 Å². The first kappa shape index (κ1) is 17.7. The topological polar surface area (TPSA) is 118 Å². The molecule has 0 aromatic rings. The Morgan fingerprint density at radius 1 is 1.52 bits per heavy atom. The van der Waals surface area contributed by atoms with Crippen LogP contribution in [-0.4, -0.2) is 70.1 Å². The van der Waals surface area contributed by atoms with E-state index < -0.39 is 29.2 Å². The van der Waals surface area contributed by atoms with E-state index in [-0.39, 0.29) is 17.2 Å². The van der Waals surface area contributed by atoms with Crippen molar-refractivity contribution >= 4 is 47.0 Å². The maximum absolute atomic E-state index is 12.5. The zero-order valence-corrected chi connectivity index (χ0v) is 14.8. The Morgan fingerprint density at radius 2 is 2.32 bits per heavy atom. The number of hydrogen-bond donors (Lipinski definition) is 2. The van der Waals surface area contributed by atoms with Gasteiger partial charge in [0.05, 0.1) is 6.61 Å². The van der Waals surface area contributed by atoms with E-state index in [1.807, 2.05) is 0 Å². The normalized spacial score (nSPS) is 25.7. The van der Waals surface area contributed by atoms with Crippen LogP contribution in [0.15, 0.2) is 28.1 Å². The standard InChI is InChI=1S/C14H15N3O6S2/c1-22-16-9(8-6-24-5-3-23-8)11(18)15-10-12(19)17-7(14(20)21)2-4-25-13(10)17/h2,6,10,13H,3-5H2,1H3,(H,15,18)(H,20,21)/b16-9-/t10?,13-/m1/s1. The monoisotopic (exact) mass is 385 g/mol. The second-order valence-corrected chi connectivity index (χ2v) is 7.23. The lowest BCUT2D eigenvalue weighted by molar-refractivity contribution is -0.150. The van der Waals surface area contributed by atoms with Crippen LogP contribution in [0.25, 0.3) is 0 Å². The Labute approximate surface area is 151 Å². The second kappa shape index (κ2) is 7.40. The van der Waals surface area contributed by atoms with Crippen LogP contribution in [0.2, 0.25) is 0 Å². The molecule has 2 N–H and O–H groups in total. The third-order valence-corrected chi connectivity index (χ3v) is 5.60. The van der Waals surface area contributed by atoms with Crippen LogP contribution in [0.4, 0.5) is 0 Å². The molecule has 0 aromatic heterocycles. The van der Waals surface area contributed by atoms with Crippen molar-refractivity contribution in [3.63, 3.8) is 0 Å². The molecule has 3 aliphatic heterocycles. The smallest absolute Gasteiger partial charge is 0.352 e. The molecule has 1 unspecified atom stereocenters. The van der Waals surface area contributed by atoms with Crippen LogP contribution < -0.4 is 5.32 Å². The van der Waals surface area contributed by atoms with Crippen LogP contribution >= 0.6 is 23.5 Å². The molecule has 1 saturated heterocycles. The van der Waals surface area contributed by atoms with Crippen molar-refractivity contribution < 1.29 is 29.1 Å². The van der Waals surface area contributed by atoms with Gasteiger partial charge in [-0.1, -0.05) is 5.16 Å². The van der Waals surface area contributed by atoms with E-state index in [0.29, 0.717) is 12.4 Å². The summed E-state index contributed by atoms with van der Waals surface area (Å²) in [5.74, 6) is -0.745. The average molecular weight is 385 g/mol. The number of carbonyl (C=O) groups is 3. The summed E-state index contributed by atoms with van der Waals surface area (Å²) in [6.45, 7) is 0.438. The zero-order valence-electron chi connectivity index (χ0n) is 13.1. The number of oxime groups is 1. The number of fused-ring (bicyclic) bond motifs is 1. The number of β-lactam (4-membered cyclic amide) rings is 1. The van der Waals surface area contributed by atoms with Crippen molar-refractivity contribution in [2.75, 3.05) is 25.2 Å². The Bertz CT molecular complexity index is 705. The van der Waals surface area contributed by atoms with Gasteiger partial charge in [0.1, 0.15) is 24.2 Å². The number of carboxylic acid groups (broad SMARTS) is 1. The molecule has 2 atom stereocenters. The molecule has 134 valence electrons. The first-order chi connectivity index (χ1) is 12.0. The number of nitrogens with zero attached hydrogens (tertiary/aromatic N) is 2. The number of aliphatic carboxylic acids is 1. The fraction of sp³-hybridized carbons (Fsp3) is 0.429. The highest BCUT2D eigenvalue weighted by Gasteiger charge is 2.53. The maximum atomic E-state index is 12.5. The average Bonchev–Trinajstić information content (AvgIpc) is 2.63. The number of carbonyl (C=O) groups excluding carboxylic acids is 2. The highest BCUT2D eigenvalue weighted by Crippen LogP contribution is 2.37. The van der Waals surface area contributed by atoms with Crippen LogP contribution in [-0.2, 0) is 24.0 Å². The van der Waals surface area contributed by atoms with E-state index in [4.69, 9.17) is 14.7 Å². The Morgan fingerprint density at radius 3 is 2.96 bits per heavy atom. The van der Waals surface area contributed by atoms with E-state index >= 15 is 0 Å². The van der Waals surface area contributed by atoms with E-state index in [9.17, 15) is 14.4 Å². The minimum Gasteiger partial charge on any atom is -0.490 e. The number of hydrogen-bond acceptors (Lipinski definition) is 8. The number of nitrogens with one attached hydrogen (secondary N) is 1. The van der Waals surface area contributed by atoms with E-state index in [0.717, 1.165) is 5.75 Å². The van der Waals surface area contributed by atoms with Crippen LogP contribution in [0.1, 0.15) is 0 Å². The first-order valence-electron chi connectivity index (χ1n) is 7.29.